The number of nitrogens with one attached hydrogen (secondary N) is 1. The quantitative estimate of drug-likeness (QED) is 0.468. The Bertz CT molecular complexity index is 901. The smallest absolute Gasteiger partial charge is 0.293 e. The van der Waals surface area contributed by atoms with Crippen molar-refractivity contribution in [2.75, 3.05) is 50.7 Å². The average molecular weight is 456 g/mol. The molecule has 1 aromatic carbocycles. The van der Waals surface area contributed by atoms with Crippen LogP contribution in [0.3, 0.4) is 0 Å². The van der Waals surface area contributed by atoms with E-state index in [9.17, 15) is 23.3 Å². The van der Waals surface area contributed by atoms with Gasteiger partial charge in [0.05, 0.1) is 16.4 Å². The van der Waals surface area contributed by atoms with Crippen LogP contribution in [0.25, 0.3) is 0 Å². The molecule has 1 aliphatic rings. The number of nitro benzene ring substituents is 1. The monoisotopic (exact) mass is 455 g/mol. The molecular formula is C20H33N5O5S. The van der Waals surface area contributed by atoms with Crippen molar-refractivity contribution >= 4 is 27.3 Å². The van der Waals surface area contributed by atoms with Gasteiger partial charge in [-0.25, -0.2) is 8.42 Å². The van der Waals surface area contributed by atoms with Crippen molar-refractivity contribution in [1.82, 2.24) is 14.5 Å². The Kier molecular flexibility index (Phi) is 8.01. The summed E-state index contributed by atoms with van der Waals surface area (Å²) in [4.78, 5) is 27.1. The van der Waals surface area contributed by atoms with Crippen molar-refractivity contribution in [3.63, 3.8) is 0 Å². The van der Waals surface area contributed by atoms with E-state index in [4.69, 9.17) is 0 Å². The Balaban J connectivity index is 2.16. The molecule has 1 amide bonds. The first-order chi connectivity index (χ1) is 14.4. The number of sulfonamides is 1. The van der Waals surface area contributed by atoms with Gasteiger partial charge in [-0.3, -0.25) is 19.8 Å². The number of nitrogens with zero attached hydrogens (tertiary/aromatic N) is 4. The number of amides is 1. The van der Waals surface area contributed by atoms with Crippen molar-refractivity contribution in [2.45, 2.75) is 45.1 Å². The molecule has 0 spiro atoms. The van der Waals surface area contributed by atoms with Crippen LogP contribution in [-0.4, -0.2) is 79.8 Å². The van der Waals surface area contributed by atoms with Gasteiger partial charge in [0.1, 0.15) is 5.69 Å². The fourth-order valence-electron chi connectivity index (χ4n) is 3.60. The fourth-order valence-corrected chi connectivity index (χ4v) is 5.08. The standard InChI is InChI=1S/C20H33N5O5S/c1-6-24(7-2)31(29,30)16-8-9-17(18(14-16)25(27)28)23-12-10-22(11-13-23)15-19(26)21-20(3,4)5/h8-9,14H,6-7,10-13,15H2,1-5H3,(H,21,26). The summed E-state index contributed by atoms with van der Waals surface area (Å²) < 4.78 is 26.8. The molecule has 31 heavy (non-hydrogen) atoms. The predicted octanol–water partition coefficient (Wildman–Crippen LogP) is 1.66. The summed E-state index contributed by atoms with van der Waals surface area (Å²) in [6, 6.07) is 4.09. The summed E-state index contributed by atoms with van der Waals surface area (Å²) >= 11 is 0. The molecule has 0 aliphatic carbocycles. The minimum absolute atomic E-state index is 0.0575. The van der Waals surface area contributed by atoms with Crippen LogP contribution in [0.2, 0.25) is 0 Å². The van der Waals surface area contributed by atoms with Crippen LogP contribution in [0, 0.1) is 10.1 Å². The zero-order chi connectivity index (χ0) is 23.4. The molecule has 1 fully saturated rings. The van der Waals surface area contributed by atoms with Gasteiger partial charge in [-0.05, 0) is 32.9 Å². The molecule has 0 unspecified atom stereocenters. The number of rotatable bonds is 8. The lowest BCUT2D eigenvalue weighted by atomic mass is 10.1. The van der Waals surface area contributed by atoms with Gasteiger partial charge in [0.2, 0.25) is 15.9 Å². The largest absolute Gasteiger partial charge is 0.363 e. The Morgan fingerprint density at radius 2 is 1.74 bits per heavy atom. The third-order valence-corrected chi connectivity index (χ3v) is 7.13. The molecule has 0 aromatic heterocycles. The van der Waals surface area contributed by atoms with Crippen molar-refractivity contribution in [1.29, 1.82) is 0 Å². The topological polar surface area (TPSA) is 116 Å². The van der Waals surface area contributed by atoms with Crippen LogP contribution < -0.4 is 10.2 Å². The lowest BCUT2D eigenvalue weighted by Crippen LogP contribution is -2.51. The number of piperazine rings is 1. The minimum atomic E-state index is -3.78. The summed E-state index contributed by atoms with van der Waals surface area (Å²) in [5, 5.41) is 14.6. The molecule has 2 rings (SSSR count). The summed E-state index contributed by atoms with van der Waals surface area (Å²) in [7, 11) is -3.78. The van der Waals surface area contributed by atoms with E-state index in [1.165, 1.54) is 16.4 Å². The minimum Gasteiger partial charge on any atom is -0.363 e. The van der Waals surface area contributed by atoms with Gasteiger partial charge < -0.3 is 10.2 Å². The number of carbonyl (C=O) groups excluding carboxylic acids is 1. The molecule has 174 valence electrons. The lowest BCUT2D eigenvalue weighted by Gasteiger charge is -2.36. The molecule has 0 bridgehead atoms. The van der Waals surface area contributed by atoms with Crippen LogP contribution in [0.15, 0.2) is 23.1 Å². The van der Waals surface area contributed by atoms with E-state index in [1.807, 2.05) is 30.6 Å². The number of benzene rings is 1. The first-order valence-electron chi connectivity index (χ1n) is 10.5. The Morgan fingerprint density at radius 3 is 2.23 bits per heavy atom. The number of hydrogen-bond donors (Lipinski definition) is 1. The molecule has 11 heteroatoms. The summed E-state index contributed by atoms with van der Waals surface area (Å²) in [6.45, 7) is 12.2. The molecule has 0 radical (unpaired) electrons. The fraction of sp³-hybridized carbons (Fsp3) is 0.650. The molecular weight excluding hydrogens is 422 g/mol. The first-order valence-corrected chi connectivity index (χ1v) is 11.9. The van der Waals surface area contributed by atoms with Crippen LogP contribution in [0.5, 0.6) is 0 Å². The van der Waals surface area contributed by atoms with Gasteiger partial charge in [-0.15, -0.1) is 0 Å². The molecule has 1 saturated heterocycles. The van der Waals surface area contributed by atoms with Gasteiger partial charge in [-0.2, -0.15) is 4.31 Å². The second kappa shape index (κ2) is 9.92. The molecule has 0 saturated carbocycles. The maximum absolute atomic E-state index is 12.7. The lowest BCUT2D eigenvalue weighted by molar-refractivity contribution is -0.384. The van der Waals surface area contributed by atoms with E-state index in [0.29, 0.717) is 45.0 Å². The zero-order valence-corrected chi connectivity index (χ0v) is 19.7. The molecule has 0 atom stereocenters. The van der Waals surface area contributed by atoms with Gasteiger partial charge in [0, 0.05) is 50.9 Å². The first kappa shape index (κ1) is 25.0. The highest BCUT2D eigenvalue weighted by atomic mass is 32.2. The molecule has 1 aliphatic heterocycles. The van der Waals surface area contributed by atoms with E-state index >= 15 is 0 Å². The normalized spacial score (nSPS) is 15.9. The van der Waals surface area contributed by atoms with E-state index in [2.05, 4.69) is 5.32 Å². The van der Waals surface area contributed by atoms with Crippen LogP contribution in [0.4, 0.5) is 11.4 Å². The van der Waals surface area contributed by atoms with Crippen molar-refractivity contribution < 1.29 is 18.1 Å². The van der Waals surface area contributed by atoms with Crippen molar-refractivity contribution in [3.8, 4) is 0 Å². The number of hydrogen-bond acceptors (Lipinski definition) is 7. The van der Waals surface area contributed by atoms with Crippen molar-refractivity contribution in [3.05, 3.63) is 28.3 Å². The summed E-state index contributed by atoms with van der Waals surface area (Å²) in [5.41, 5.74) is -0.137. The third kappa shape index (κ3) is 6.37. The maximum Gasteiger partial charge on any atom is 0.293 e. The second-order valence-electron chi connectivity index (χ2n) is 8.56. The summed E-state index contributed by atoms with van der Waals surface area (Å²) in [6.07, 6.45) is 0. The molecule has 10 nitrogen and oxygen atoms in total. The molecule has 1 N–H and O–H groups in total. The highest BCUT2D eigenvalue weighted by Crippen LogP contribution is 2.32. The SMILES string of the molecule is CCN(CC)S(=O)(=O)c1ccc(N2CCN(CC(=O)NC(C)(C)C)CC2)c([N+](=O)[O-])c1. The van der Waals surface area contributed by atoms with E-state index in [1.54, 1.807) is 13.8 Å². The molecule has 1 heterocycles. The van der Waals surface area contributed by atoms with Crippen molar-refractivity contribution in [2.24, 2.45) is 0 Å². The van der Waals surface area contributed by atoms with E-state index in [0.717, 1.165) is 6.07 Å². The van der Waals surface area contributed by atoms with E-state index in [-0.39, 0.29) is 28.6 Å². The number of carbonyl (C=O) groups is 1. The highest BCUT2D eigenvalue weighted by molar-refractivity contribution is 7.89. The van der Waals surface area contributed by atoms with E-state index < -0.39 is 14.9 Å². The average Bonchev–Trinajstić information content (AvgIpc) is 2.67. The van der Waals surface area contributed by atoms with Gasteiger partial charge >= 0.3 is 0 Å². The highest BCUT2D eigenvalue weighted by Gasteiger charge is 2.29. The number of nitro groups is 1. The maximum atomic E-state index is 12.7. The second-order valence-corrected chi connectivity index (χ2v) is 10.5. The van der Waals surface area contributed by atoms with Gasteiger partial charge in [-0.1, -0.05) is 13.8 Å². The third-order valence-electron chi connectivity index (χ3n) is 5.08. The van der Waals surface area contributed by atoms with Crippen LogP contribution in [0.1, 0.15) is 34.6 Å². The molecule has 1 aromatic rings. The summed E-state index contributed by atoms with van der Waals surface area (Å²) in [5.74, 6) is -0.0575. The van der Waals surface area contributed by atoms with Gasteiger partial charge in [0.15, 0.2) is 0 Å². The Morgan fingerprint density at radius 1 is 1.16 bits per heavy atom. The zero-order valence-electron chi connectivity index (χ0n) is 18.9. The Labute approximate surface area is 184 Å². The number of anilines is 1. The van der Waals surface area contributed by atoms with Gasteiger partial charge in [0.25, 0.3) is 5.69 Å². The van der Waals surface area contributed by atoms with Crippen LogP contribution in [-0.2, 0) is 14.8 Å². The van der Waals surface area contributed by atoms with Crippen LogP contribution >= 0.6 is 0 Å². The predicted molar refractivity (Wildman–Crippen MR) is 120 cm³/mol. The Hall–Kier alpha value is -2.24.